The number of rotatable bonds is 9. The number of piperidine rings is 1. The highest BCUT2D eigenvalue weighted by molar-refractivity contribution is 6.32. The van der Waals surface area contributed by atoms with Crippen molar-refractivity contribution in [3.05, 3.63) is 88.9 Å². The first-order valence-corrected chi connectivity index (χ1v) is 15.1. The lowest BCUT2D eigenvalue weighted by atomic mass is 9.80. The van der Waals surface area contributed by atoms with Gasteiger partial charge in [0.05, 0.1) is 5.02 Å². The third-order valence-electron chi connectivity index (χ3n) is 8.80. The summed E-state index contributed by atoms with van der Waals surface area (Å²) in [4.78, 5) is 17.7. The summed E-state index contributed by atoms with van der Waals surface area (Å²) in [5.74, 6) is 0.579. The summed E-state index contributed by atoms with van der Waals surface area (Å²) in [5, 5.41) is 3.66. The molecule has 2 aliphatic rings. The number of nitrogens with zero attached hydrogens (tertiary/aromatic N) is 2. The number of hydrogen-bond donors (Lipinski definition) is 1. The van der Waals surface area contributed by atoms with Gasteiger partial charge in [0.15, 0.2) is 0 Å². The van der Waals surface area contributed by atoms with Crippen LogP contribution in [0.25, 0.3) is 11.1 Å². The van der Waals surface area contributed by atoms with E-state index in [2.05, 4.69) is 77.7 Å². The van der Waals surface area contributed by atoms with Crippen LogP contribution in [0.5, 0.6) is 5.75 Å². The minimum absolute atomic E-state index is 0.0429. The van der Waals surface area contributed by atoms with E-state index in [9.17, 15) is 4.79 Å². The van der Waals surface area contributed by atoms with E-state index >= 15 is 0 Å². The third kappa shape index (κ3) is 7.06. The van der Waals surface area contributed by atoms with Crippen LogP contribution in [0, 0.1) is 0 Å². The van der Waals surface area contributed by atoms with E-state index in [-0.39, 0.29) is 17.6 Å². The van der Waals surface area contributed by atoms with Gasteiger partial charge in [-0.25, -0.2) is 0 Å². The van der Waals surface area contributed by atoms with E-state index in [0.29, 0.717) is 22.9 Å². The highest BCUT2D eigenvalue weighted by atomic mass is 35.5. The Bertz CT molecular complexity index is 1250. The summed E-state index contributed by atoms with van der Waals surface area (Å²) in [6.45, 7) is 3.57. The molecule has 3 aromatic carbocycles. The largest absolute Gasteiger partial charge is 0.489 e. The van der Waals surface area contributed by atoms with Crippen LogP contribution in [0.2, 0.25) is 5.02 Å². The number of benzene rings is 3. The fourth-order valence-electron chi connectivity index (χ4n) is 6.13. The summed E-state index contributed by atoms with van der Waals surface area (Å²) >= 11 is 6.59. The molecule has 40 heavy (non-hydrogen) atoms. The van der Waals surface area contributed by atoms with Gasteiger partial charge in [0, 0.05) is 37.3 Å². The molecule has 0 aromatic heterocycles. The first-order valence-electron chi connectivity index (χ1n) is 14.7. The number of halogens is 1. The molecule has 5 nitrogen and oxygen atoms in total. The van der Waals surface area contributed by atoms with E-state index in [4.69, 9.17) is 16.3 Å². The fraction of sp³-hybridized carbons (Fsp3) is 0.441. The maximum absolute atomic E-state index is 12.9. The molecule has 6 heteroatoms. The molecule has 0 unspecified atom stereocenters. The molecule has 0 bridgehead atoms. The summed E-state index contributed by atoms with van der Waals surface area (Å²) in [6.07, 6.45) is 7.98. The molecule has 5 rings (SSSR count). The second kappa shape index (κ2) is 13.2. The Balaban J connectivity index is 1.09. The number of likely N-dealkylation sites (N-methyl/N-ethyl adjacent to an activating group) is 1. The lowest BCUT2D eigenvalue weighted by Gasteiger charge is -2.43. The van der Waals surface area contributed by atoms with Crippen LogP contribution in [-0.4, -0.2) is 61.1 Å². The second-order valence-corrected chi connectivity index (χ2v) is 12.1. The zero-order valence-electron chi connectivity index (χ0n) is 23.9. The van der Waals surface area contributed by atoms with Crippen molar-refractivity contribution in [2.45, 2.75) is 63.1 Å². The first-order chi connectivity index (χ1) is 19.4. The van der Waals surface area contributed by atoms with Crippen LogP contribution in [0.15, 0.2) is 72.8 Å². The predicted octanol–water partition coefficient (Wildman–Crippen LogP) is 7.04. The van der Waals surface area contributed by atoms with Crippen molar-refractivity contribution >= 4 is 17.5 Å². The number of amides is 1. The molecule has 1 amide bonds. The zero-order valence-corrected chi connectivity index (χ0v) is 24.6. The second-order valence-electron chi connectivity index (χ2n) is 11.7. The van der Waals surface area contributed by atoms with E-state index in [1.807, 2.05) is 18.2 Å². The fourth-order valence-corrected chi connectivity index (χ4v) is 6.36. The molecule has 1 heterocycles. The maximum atomic E-state index is 12.9. The summed E-state index contributed by atoms with van der Waals surface area (Å²) < 4.78 is 6.29. The van der Waals surface area contributed by atoms with Gasteiger partial charge in [-0.2, -0.15) is 0 Å². The molecule has 1 aliphatic carbocycles. The molecule has 1 saturated carbocycles. The Labute approximate surface area is 244 Å². The van der Waals surface area contributed by atoms with Gasteiger partial charge in [-0.15, -0.1) is 0 Å². The zero-order chi connectivity index (χ0) is 28.0. The Morgan fingerprint density at radius 1 is 0.950 bits per heavy atom. The van der Waals surface area contributed by atoms with Gasteiger partial charge >= 0.3 is 0 Å². The van der Waals surface area contributed by atoms with E-state index < -0.39 is 0 Å². The van der Waals surface area contributed by atoms with Gasteiger partial charge in [-0.3, -0.25) is 9.69 Å². The molecule has 3 aromatic rings. The molecule has 2 fully saturated rings. The quantitative estimate of drug-likeness (QED) is 0.305. The van der Waals surface area contributed by atoms with E-state index in [0.717, 1.165) is 45.3 Å². The summed E-state index contributed by atoms with van der Waals surface area (Å²) in [6, 6.07) is 24.8. The van der Waals surface area contributed by atoms with Gasteiger partial charge < -0.3 is 15.0 Å². The minimum Gasteiger partial charge on any atom is -0.489 e. The Kier molecular flexibility index (Phi) is 9.46. The lowest BCUT2D eigenvalue weighted by molar-refractivity contribution is 0.0799. The number of hydrogen-bond acceptors (Lipinski definition) is 4. The summed E-state index contributed by atoms with van der Waals surface area (Å²) in [5.41, 5.74) is 4.45. The van der Waals surface area contributed by atoms with Gasteiger partial charge in [0.25, 0.3) is 5.91 Å². The standard InChI is InChI=1S/C34H42ClN3O2/c1-37(2)34(19-7-4-8-20-34)25-36-33(39)29-15-16-32(31(35)23-29)40-30-17-21-38(22-18-30)24-26-11-13-28(14-12-26)27-9-5-3-6-10-27/h3,5-6,9-16,23,30H,4,7-8,17-22,24-25H2,1-2H3,(H,36,39). The summed E-state index contributed by atoms with van der Waals surface area (Å²) in [7, 11) is 4.24. The van der Waals surface area contributed by atoms with Crippen LogP contribution < -0.4 is 10.1 Å². The average molecular weight is 560 g/mol. The van der Waals surface area contributed by atoms with E-state index in [1.54, 1.807) is 6.07 Å². The SMILES string of the molecule is CN(C)C1(CNC(=O)c2ccc(OC3CCN(Cc4ccc(-c5ccccc5)cc4)CC3)c(Cl)c2)CCCCC1. The molecule has 1 N–H and O–H groups in total. The molecule has 0 atom stereocenters. The van der Waals surface area contributed by atoms with Crippen LogP contribution in [-0.2, 0) is 6.54 Å². The average Bonchev–Trinajstić information content (AvgIpc) is 2.99. The number of ether oxygens (including phenoxy) is 1. The molecule has 1 saturated heterocycles. The Morgan fingerprint density at radius 3 is 2.27 bits per heavy atom. The van der Waals surface area contributed by atoms with Crippen molar-refractivity contribution in [1.82, 2.24) is 15.1 Å². The Hall–Kier alpha value is -2.86. The van der Waals surface area contributed by atoms with Gasteiger partial charge in [0.1, 0.15) is 11.9 Å². The maximum Gasteiger partial charge on any atom is 0.251 e. The first kappa shape index (κ1) is 28.7. The van der Waals surface area contributed by atoms with Crippen molar-refractivity contribution in [2.75, 3.05) is 33.7 Å². The van der Waals surface area contributed by atoms with Crippen molar-refractivity contribution in [3.8, 4) is 16.9 Å². The van der Waals surface area contributed by atoms with Crippen LogP contribution in [0.1, 0.15) is 60.9 Å². The topological polar surface area (TPSA) is 44.8 Å². The van der Waals surface area contributed by atoms with Crippen molar-refractivity contribution in [2.24, 2.45) is 0 Å². The van der Waals surface area contributed by atoms with Crippen LogP contribution in [0.3, 0.4) is 0 Å². The van der Waals surface area contributed by atoms with Gasteiger partial charge in [-0.1, -0.05) is 85.5 Å². The van der Waals surface area contributed by atoms with Crippen molar-refractivity contribution in [1.29, 1.82) is 0 Å². The third-order valence-corrected chi connectivity index (χ3v) is 9.10. The predicted molar refractivity (Wildman–Crippen MR) is 164 cm³/mol. The molecular weight excluding hydrogens is 518 g/mol. The number of nitrogens with one attached hydrogen (secondary N) is 1. The highest BCUT2D eigenvalue weighted by Gasteiger charge is 2.34. The molecule has 0 radical (unpaired) electrons. The van der Waals surface area contributed by atoms with Crippen molar-refractivity contribution in [3.63, 3.8) is 0 Å². The lowest BCUT2D eigenvalue weighted by Crippen LogP contribution is -2.53. The number of carbonyl (C=O) groups is 1. The normalized spacial score (nSPS) is 18.0. The minimum atomic E-state index is -0.0784. The van der Waals surface area contributed by atoms with Crippen LogP contribution >= 0.6 is 11.6 Å². The van der Waals surface area contributed by atoms with Crippen molar-refractivity contribution < 1.29 is 9.53 Å². The monoisotopic (exact) mass is 559 g/mol. The van der Waals surface area contributed by atoms with E-state index in [1.165, 1.54) is 36.0 Å². The molecular formula is C34H42ClN3O2. The number of carbonyl (C=O) groups excluding carboxylic acids is 1. The number of likely N-dealkylation sites (tertiary alicyclic amines) is 1. The highest BCUT2D eigenvalue weighted by Crippen LogP contribution is 2.32. The molecule has 0 spiro atoms. The smallest absolute Gasteiger partial charge is 0.251 e. The van der Waals surface area contributed by atoms with Crippen LogP contribution in [0.4, 0.5) is 0 Å². The molecule has 1 aliphatic heterocycles. The van der Waals surface area contributed by atoms with Gasteiger partial charge in [-0.05, 0) is 74.7 Å². The van der Waals surface area contributed by atoms with Gasteiger partial charge in [0.2, 0.25) is 0 Å². The molecule has 212 valence electrons. The Morgan fingerprint density at radius 2 is 1.62 bits per heavy atom.